The molecule has 4 heteroatoms. The number of hydrogen-bond donors (Lipinski definition) is 2. The van der Waals surface area contributed by atoms with Crippen LogP contribution in [0.15, 0.2) is 10.9 Å². The molecule has 1 unspecified atom stereocenters. The Balaban J connectivity index is 2.93. The quantitative estimate of drug-likeness (QED) is 0.649. The van der Waals surface area contributed by atoms with Crippen molar-refractivity contribution in [3.63, 3.8) is 0 Å². The lowest BCUT2D eigenvalue weighted by Gasteiger charge is -2.03. The molecule has 1 atom stereocenters. The smallest absolute Gasteiger partial charge is 0.251 e. The van der Waals surface area contributed by atoms with E-state index in [1.165, 1.54) is 6.07 Å². The van der Waals surface area contributed by atoms with Crippen molar-refractivity contribution in [2.75, 3.05) is 0 Å². The van der Waals surface area contributed by atoms with E-state index in [0.29, 0.717) is 12.2 Å². The zero-order chi connectivity index (χ0) is 9.14. The van der Waals surface area contributed by atoms with Crippen LogP contribution in [0.1, 0.15) is 18.4 Å². The number of rotatable bonds is 2. The Hall–Kier alpha value is -1.16. The molecule has 1 aromatic rings. The summed E-state index contributed by atoms with van der Waals surface area (Å²) in [6.07, 6.45) is 0.644. The molecule has 1 heterocycles. The summed E-state index contributed by atoms with van der Waals surface area (Å²) < 4.78 is 0. The first kappa shape index (κ1) is 8.93. The van der Waals surface area contributed by atoms with Gasteiger partial charge in [0.2, 0.25) is 0 Å². The van der Waals surface area contributed by atoms with Gasteiger partial charge < -0.3 is 10.7 Å². The van der Waals surface area contributed by atoms with Gasteiger partial charge in [0.1, 0.15) is 5.82 Å². The van der Waals surface area contributed by atoms with Gasteiger partial charge in [0, 0.05) is 24.2 Å². The maximum Gasteiger partial charge on any atom is 0.251 e. The Kier molecular flexibility index (Phi) is 2.60. The summed E-state index contributed by atoms with van der Waals surface area (Å²) in [5, 5.41) is 0. The molecule has 0 saturated carbocycles. The Morgan fingerprint density at radius 2 is 2.42 bits per heavy atom. The van der Waals surface area contributed by atoms with E-state index in [-0.39, 0.29) is 11.6 Å². The lowest BCUT2D eigenvalue weighted by Crippen LogP contribution is -2.21. The summed E-state index contributed by atoms with van der Waals surface area (Å²) in [6, 6.07) is 1.52. The van der Waals surface area contributed by atoms with Crippen molar-refractivity contribution in [3.05, 3.63) is 27.9 Å². The fourth-order valence-corrected chi connectivity index (χ4v) is 1.08. The molecule has 1 rings (SSSR count). The minimum Gasteiger partial charge on any atom is -0.328 e. The van der Waals surface area contributed by atoms with Gasteiger partial charge >= 0.3 is 0 Å². The minimum absolute atomic E-state index is 0.0405. The maximum atomic E-state index is 11.0. The molecule has 3 N–H and O–H groups in total. The first-order valence-corrected chi connectivity index (χ1v) is 3.90. The van der Waals surface area contributed by atoms with E-state index in [4.69, 9.17) is 5.73 Å². The van der Waals surface area contributed by atoms with E-state index >= 15 is 0 Å². The van der Waals surface area contributed by atoms with Crippen LogP contribution in [-0.4, -0.2) is 16.0 Å². The number of nitrogens with two attached hydrogens (primary N) is 1. The van der Waals surface area contributed by atoms with Crippen LogP contribution in [0.3, 0.4) is 0 Å². The predicted octanol–water partition coefficient (Wildman–Crippen LogP) is -0.0320. The molecule has 4 nitrogen and oxygen atoms in total. The third-order valence-electron chi connectivity index (χ3n) is 1.44. The second kappa shape index (κ2) is 3.49. The number of H-pyrrole nitrogens is 1. The van der Waals surface area contributed by atoms with Gasteiger partial charge in [-0.15, -0.1) is 0 Å². The first-order valence-electron chi connectivity index (χ1n) is 3.90. The molecule has 66 valence electrons. The topological polar surface area (TPSA) is 71.8 Å². The fraction of sp³-hybridized carbons (Fsp3) is 0.500. The highest BCUT2D eigenvalue weighted by atomic mass is 16.1. The highest BCUT2D eigenvalue weighted by Gasteiger charge is 2.00. The third-order valence-corrected chi connectivity index (χ3v) is 1.44. The van der Waals surface area contributed by atoms with E-state index in [1.54, 1.807) is 6.92 Å². The van der Waals surface area contributed by atoms with Gasteiger partial charge in [-0.3, -0.25) is 4.79 Å². The highest BCUT2D eigenvalue weighted by molar-refractivity contribution is 5.03. The summed E-state index contributed by atoms with van der Waals surface area (Å²) in [5.74, 6) is 0.637. The van der Waals surface area contributed by atoms with Gasteiger partial charge in [-0.1, -0.05) is 0 Å². The normalized spacial score (nSPS) is 12.9. The Morgan fingerprint density at radius 1 is 1.75 bits per heavy atom. The van der Waals surface area contributed by atoms with Crippen LogP contribution in [0.4, 0.5) is 0 Å². The molecule has 1 aromatic heterocycles. The molecule has 0 aliphatic heterocycles. The molecule has 0 aliphatic rings. The summed E-state index contributed by atoms with van der Waals surface area (Å²) >= 11 is 0. The molecule has 0 aromatic carbocycles. The number of nitrogens with one attached hydrogen (secondary N) is 1. The second-order valence-corrected chi connectivity index (χ2v) is 3.00. The lowest BCUT2D eigenvalue weighted by molar-refractivity contribution is 0.714. The molecule has 12 heavy (non-hydrogen) atoms. The van der Waals surface area contributed by atoms with Crippen LogP contribution in [0.25, 0.3) is 0 Å². The Labute approximate surface area is 70.8 Å². The molecule has 0 saturated heterocycles. The van der Waals surface area contributed by atoms with Gasteiger partial charge in [0.05, 0.1) is 0 Å². The zero-order valence-corrected chi connectivity index (χ0v) is 7.29. The summed E-state index contributed by atoms with van der Waals surface area (Å²) in [4.78, 5) is 17.7. The van der Waals surface area contributed by atoms with Crippen LogP contribution < -0.4 is 11.3 Å². The average molecular weight is 167 g/mol. The molecule has 0 spiro atoms. The van der Waals surface area contributed by atoms with Gasteiger partial charge in [0.15, 0.2) is 0 Å². The molecule has 0 radical (unpaired) electrons. The minimum atomic E-state index is -0.113. The van der Waals surface area contributed by atoms with Crippen molar-refractivity contribution in [2.24, 2.45) is 5.73 Å². The lowest BCUT2D eigenvalue weighted by atomic mass is 10.2. The fourth-order valence-electron chi connectivity index (χ4n) is 1.08. The van der Waals surface area contributed by atoms with E-state index in [2.05, 4.69) is 9.97 Å². The van der Waals surface area contributed by atoms with Crippen LogP contribution >= 0.6 is 0 Å². The van der Waals surface area contributed by atoms with E-state index in [1.807, 2.05) is 6.92 Å². The largest absolute Gasteiger partial charge is 0.328 e. The second-order valence-electron chi connectivity index (χ2n) is 3.00. The van der Waals surface area contributed by atoms with E-state index < -0.39 is 0 Å². The first-order chi connectivity index (χ1) is 5.58. The Bertz CT molecular complexity index is 316. The number of aryl methyl sites for hydroxylation is 1. The molecule has 0 bridgehead atoms. The van der Waals surface area contributed by atoms with Crippen LogP contribution in [0.2, 0.25) is 0 Å². The van der Waals surface area contributed by atoms with Crippen molar-refractivity contribution >= 4 is 0 Å². The SMILES string of the molecule is Cc1nc(CC(C)N)cc(=O)[nH]1. The van der Waals surface area contributed by atoms with Crippen molar-refractivity contribution in [1.29, 1.82) is 0 Å². The van der Waals surface area contributed by atoms with Crippen molar-refractivity contribution in [3.8, 4) is 0 Å². The summed E-state index contributed by atoms with van der Waals surface area (Å²) in [7, 11) is 0. The van der Waals surface area contributed by atoms with Crippen LogP contribution in [0.5, 0.6) is 0 Å². The zero-order valence-electron chi connectivity index (χ0n) is 7.29. The average Bonchev–Trinajstić information content (AvgIpc) is 1.81. The molecule has 0 fully saturated rings. The van der Waals surface area contributed by atoms with E-state index in [9.17, 15) is 4.79 Å². The Morgan fingerprint density at radius 3 is 2.92 bits per heavy atom. The van der Waals surface area contributed by atoms with Crippen molar-refractivity contribution in [2.45, 2.75) is 26.3 Å². The number of aromatic nitrogens is 2. The summed E-state index contributed by atoms with van der Waals surface area (Å²) in [6.45, 7) is 3.64. The van der Waals surface area contributed by atoms with Crippen LogP contribution in [-0.2, 0) is 6.42 Å². The number of nitrogens with zero attached hydrogens (tertiary/aromatic N) is 1. The van der Waals surface area contributed by atoms with Crippen LogP contribution in [0, 0.1) is 6.92 Å². The highest BCUT2D eigenvalue weighted by Crippen LogP contribution is 1.94. The third kappa shape index (κ3) is 2.47. The maximum absolute atomic E-state index is 11.0. The molecule has 0 aliphatic carbocycles. The standard InChI is InChI=1S/C8H13N3O/c1-5(9)3-7-4-8(12)11-6(2)10-7/h4-5H,3,9H2,1-2H3,(H,10,11,12). The van der Waals surface area contributed by atoms with Gasteiger partial charge in [-0.05, 0) is 13.8 Å². The van der Waals surface area contributed by atoms with Gasteiger partial charge in [-0.2, -0.15) is 0 Å². The monoisotopic (exact) mass is 167 g/mol. The molecule has 0 amide bonds. The summed E-state index contributed by atoms with van der Waals surface area (Å²) in [5.41, 5.74) is 6.22. The van der Waals surface area contributed by atoms with Gasteiger partial charge in [0.25, 0.3) is 5.56 Å². The van der Waals surface area contributed by atoms with E-state index in [0.717, 1.165) is 5.69 Å². The van der Waals surface area contributed by atoms with Crippen molar-refractivity contribution in [1.82, 2.24) is 9.97 Å². The molecular formula is C8H13N3O. The number of hydrogen-bond acceptors (Lipinski definition) is 3. The van der Waals surface area contributed by atoms with Gasteiger partial charge in [-0.25, -0.2) is 4.98 Å². The van der Waals surface area contributed by atoms with Crippen molar-refractivity contribution < 1.29 is 0 Å². The molecular weight excluding hydrogens is 154 g/mol. The predicted molar refractivity (Wildman–Crippen MR) is 46.9 cm³/mol. The number of aromatic amines is 1.